The lowest BCUT2D eigenvalue weighted by atomic mass is 10.2. The number of hydrogen-bond acceptors (Lipinski definition) is 4. The van der Waals surface area contributed by atoms with Crippen LogP contribution >= 0.6 is 11.6 Å². The Kier molecular flexibility index (Phi) is 3.91. The minimum Gasteiger partial charge on any atom is -0.497 e. The van der Waals surface area contributed by atoms with Crippen LogP contribution in [0.1, 0.15) is 0 Å². The predicted molar refractivity (Wildman–Crippen MR) is 73.3 cm³/mol. The van der Waals surface area contributed by atoms with Crippen LogP contribution in [0.2, 0.25) is 5.02 Å². The summed E-state index contributed by atoms with van der Waals surface area (Å²) < 4.78 is 6.47. The number of carbonyl (C=O) groups is 1. The molecule has 19 heavy (non-hydrogen) atoms. The normalized spacial score (nSPS) is 10.2. The molecule has 0 atom stereocenters. The minimum atomic E-state index is -0.239. The Morgan fingerprint density at radius 3 is 2.95 bits per heavy atom. The number of aromatic nitrogens is 2. The fourth-order valence-corrected chi connectivity index (χ4v) is 1.70. The second-order valence-corrected chi connectivity index (χ2v) is 4.29. The Morgan fingerprint density at radius 2 is 2.37 bits per heavy atom. The number of carbonyl (C=O) groups excluding carboxylic acids is 1. The number of halogens is 1. The topological polar surface area (TPSA) is 82.2 Å². The summed E-state index contributed by atoms with van der Waals surface area (Å²) in [6, 6.07) is 5.04. The molecule has 7 heteroatoms. The van der Waals surface area contributed by atoms with E-state index in [1.165, 1.54) is 10.9 Å². The summed E-state index contributed by atoms with van der Waals surface area (Å²) in [7, 11) is 1.55. The van der Waals surface area contributed by atoms with Gasteiger partial charge in [0.1, 0.15) is 12.3 Å². The van der Waals surface area contributed by atoms with Gasteiger partial charge in [-0.3, -0.25) is 9.48 Å². The van der Waals surface area contributed by atoms with Crippen molar-refractivity contribution < 1.29 is 9.53 Å². The Labute approximate surface area is 115 Å². The molecule has 100 valence electrons. The first kappa shape index (κ1) is 13.2. The van der Waals surface area contributed by atoms with E-state index in [2.05, 4.69) is 10.4 Å². The van der Waals surface area contributed by atoms with Crippen LogP contribution in [-0.2, 0) is 11.3 Å². The summed E-state index contributed by atoms with van der Waals surface area (Å²) in [6.07, 6.45) is 3.04. The fourth-order valence-electron chi connectivity index (χ4n) is 1.54. The van der Waals surface area contributed by atoms with Crippen molar-refractivity contribution in [2.45, 2.75) is 6.54 Å². The van der Waals surface area contributed by atoms with Crippen LogP contribution in [0.25, 0.3) is 0 Å². The van der Waals surface area contributed by atoms with E-state index in [0.29, 0.717) is 22.1 Å². The highest BCUT2D eigenvalue weighted by atomic mass is 35.5. The molecular formula is C12H13ClN4O2. The van der Waals surface area contributed by atoms with Crippen LogP contribution in [0.3, 0.4) is 0 Å². The highest BCUT2D eigenvalue weighted by Crippen LogP contribution is 2.23. The number of anilines is 2. The Hall–Kier alpha value is -2.21. The van der Waals surface area contributed by atoms with Gasteiger partial charge in [0.05, 0.1) is 29.7 Å². The largest absolute Gasteiger partial charge is 0.497 e. The molecule has 0 radical (unpaired) electrons. The zero-order chi connectivity index (χ0) is 13.8. The SMILES string of the molecule is COc1ccc(NC(=O)Cn2cc(Cl)cn2)c(N)c1. The van der Waals surface area contributed by atoms with E-state index >= 15 is 0 Å². The smallest absolute Gasteiger partial charge is 0.246 e. The third kappa shape index (κ3) is 3.38. The molecule has 0 aliphatic heterocycles. The molecule has 0 fully saturated rings. The number of hydrogen-bond donors (Lipinski definition) is 2. The summed E-state index contributed by atoms with van der Waals surface area (Å²) in [5, 5.41) is 7.10. The molecule has 6 nitrogen and oxygen atoms in total. The second kappa shape index (κ2) is 5.62. The van der Waals surface area contributed by atoms with E-state index in [4.69, 9.17) is 22.1 Å². The van der Waals surface area contributed by atoms with Crippen molar-refractivity contribution in [3.05, 3.63) is 35.6 Å². The third-order valence-electron chi connectivity index (χ3n) is 2.44. The zero-order valence-corrected chi connectivity index (χ0v) is 11.0. The number of nitrogens with one attached hydrogen (secondary N) is 1. The lowest BCUT2D eigenvalue weighted by Gasteiger charge is -2.09. The van der Waals surface area contributed by atoms with Gasteiger partial charge in [0.15, 0.2) is 0 Å². The number of benzene rings is 1. The van der Waals surface area contributed by atoms with Gasteiger partial charge in [-0.2, -0.15) is 5.10 Å². The molecule has 1 heterocycles. The standard InChI is InChI=1S/C12H13ClN4O2/c1-19-9-2-3-11(10(14)4-9)16-12(18)7-17-6-8(13)5-15-17/h2-6H,7,14H2,1H3,(H,16,18). The molecule has 0 aliphatic carbocycles. The highest BCUT2D eigenvalue weighted by Gasteiger charge is 2.07. The lowest BCUT2D eigenvalue weighted by molar-refractivity contribution is -0.116. The van der Waals surface area contributed by atoms with Gasteiger partial charge in [0.25, 0.3) is 0 Å². The quantitative estimate of drug-likeness (QED) is 0.836. The fraction of sp³-hybridized carbons (Fsp3) is 0.167. The van der Waals surface area contributed by atoms with E-state index in [1.807, 2.05) is 0 Å². The molecule has 0 unspecified atom stereocenters. The maximum Gasteiger partial charge on any atom is 0.246 e. The van der Waals surface area contributed by atoms with Crippen LogP contribution in [0, 0.1) is 0 Å². The van der Waals surface area contributed by atoms with Crippen LogP contribution in [0.15, 0.2) is 30.6 Å². The van der Waals surface area contributed by atoms with E-state index in [9.17, 15) is 4.79 Å². The summed E-state index contributed by atoms with van der Waals surface area (Å²) >= 11 is 5.71. The van der Waals surface area contributed by atoms with E-state index < -0.39 is 0 Å². The average molecular weight is 281 g/mol. The van der Waals surface area contributed by atoms with Crippen LogP contribution in [0.5, 0.6) is 5.75 Å². The number of amides is 1. The number of nitrogen functional groups attached to an aromatic ring is 1. The Morgan fingerprint density at radius 1 is 1.58 bits per heavy atom. The molecule has 2 aromatic rings. The number of nitrogens with zero attached hydrogens (tertiary/aromatic N) is 2. The molecule has 1 aromatic carbocycles. The van der Waals surface area contributed by atoms with E-state index in [0.717, 1.165) is 0 Å². The third-order valence-corrected chi connectivity index (χ3v) is 2.64. The van der Waals surface area contributed by atoms with Crippen molar-refractivity contribution in [1.82, 2.24) is 9.78 Å². The lowest BCUT2D eigenvalue weighted by Crippen LogP contribution is -2.19. The van der Waals surface area contributed by atoms with E-state index in [1.54, 1.807) is 31.5 Å². The Balaban J connectivity index is 2.02. The van der Waals surface area contributed by atoms with Crippen molar-refractivity contribution in [1.29, 1.82) is 0 Å². The zero-order valence-electron chi connectivity index (χ0n) is 10.3. The van der Waals surface area contributed by atoms with Crippen molar-refractivity contribution >= 4 is 28.9 Å². The van der Waals surface area contributed by atoms with Crippen LogP contribution in [-0.4, -0.2) is 22.8 Å². The van der Waals surface area contributed by atoms with Crippen LogP contribution < -0.4 is 15.8 Å². The number of methoxy groups -OCH3 is 1. The first-order chi connectivity index (χ1) is 9.08. The number of ether oxygens (including phenoxy) is 1. The highest BCUT2D eigenvalue weighted by molar-refractivity contribution is 6.30. The number of rotatable bonds is 4. The van der Waals surface area contributed by atoms with Crippen molar-refractivity contribution in [2.75, 3.05) is 18.2 Å². The molecule has 0 aliphatic rings. The molecule has 0 spiro atoms. The van der Waals surface area contributed by atoms with Gasteiger partial charge >= 0.3 is 0 Å². The van der Waals surface area contributed by atoms with Gasteiger partial charge in [0, 0.05) is 12.3 Å². The van der Waals surface area contributed by atoms with Crippen molar-refractivity contribution in [2.24, 2.45) is 0 Å². The van der Waals surface area contributed by atoms with Gasteiger partial charge < -0.3 is 15.8 Å². The minimum absolute atomic E-state index is 0.0676. The summed E-state index contributed by atoms with van der Waals surface area (Å²) in [5.74, 6) is 0.394. The molecule has 0 saturated heterocycles. The summed E-state index contributed by atoms with van der Waals surface area (Å²) in [5.41, 5.74) is 6.77. The van der Waals surface area contributed by atoms with Crippen LogP contribution in [0.4, 0.5) is 11.4 Å². The molecule has 3 N–H and O–H groups in total. The van der Waals surface area contributed by atoms with Gasteiger partial charge in [-0.15, -0.1) is 0 Å². The second-order valence-electron chi connectivity index (χ2n) is 3.86. The molecule has 1 aromatic heterocycles. The van der Waals surface area contributed by atoms with E-state index in [-0.39, 0.29) is 12.5 Å². The maximum absolute atomic E-state index is 11.8. The molecule has 0 saturated carbocycles. The van der Waals surface area contributed by atoms with Gasteiger partial charge in [0.2, 0.25) is 5.91 Å². The van der Waals surface area contributed by atoms with Crippen molar-refractivity contribution in [3.8, 4) is 5.75 Å². The van der Waals surface area contributed by atoms with Crippen molar-refractivity contribution in [3.63, 3.8) is 0 Å². The number of nitrogens with two attached hydrogens (primary N) is 1. The van der Waals surface area contributed by atoms with Gasteiger partial charge in [-0.25, -0.2) is 0 Å². The maximum atomic E-state index is 11.8. The Bertz CT molecular complexity index is 597. The predicted octanol–water partition coefficient (Wildman–Crippen LogP) is 1.77. The molecule has 1 amide bonds. The summed E-state index contributed by atoms with van der Waals surface area (Å²) in [4.78, 5) is 11.8. The van der Waals surface area contributed by atoms with Gasteiger partial charge in [-0.05, 0) is 12.1 Å². The first-order valence-electron chi connectivity index (χ1n) is 5.50. The average Bonchev–Trinajstić information content (AvgIpc) is 2.77. The molecule has 0 bridgehead atoms. The summed E-state index contributed by atoms with van der Waals surface area (Å²) in [6.45, 7) is 0.0676. The first-order valence-corrected chi connectivity index (χ1v) is 5.87. The monoisotopic (exact) mass is 280 g/mol. The molecular weight excluding hydrogens is 268 g/mol. The molecule has 2 rings (SSSR count). The van der Waals surface area contributed by atoms with Gasteiger partial charge in [-0.1, -0.05) is 11.6 Å².